The molecular weight excluding hydrogens is 399 g/mol. The van der Waals surface area contributed by atoms with Crippen LogP contribution in [0.3, 0.4) is 0 Å². The second kappa shape index (κ2) is 7.68. The number of H-pyrrole nitrogens is 1. The van der Waals surface area contributed by atoms with Crippen molar-refractivity contribution in [3.05, 3.63) is 91.8 Å². The number of anilines is 1. The van der Waals surface area contributed by atoms with Gasteiger partial charge in [-0.15, -0.1) is 11.3 Å². The molecule has 0 radical (unpaired) electrons. The van der Waals surface area contributed by atoms with Crippen LogP contribution in [-0.2, 0) is 6.54 Å². The molecule has 1 aromatic carbocycles. The lowest BCUT2D eigenvalue weighted by atomic mass is 10.2. The molecule has 8 nitrogen and oxygen atoms in total. The van der Waals surface area contributed by atoms with Gasteiger partial charge in [-0.05, 0) is 17.5 Å². The van der Waals surface area contributed by atoms with E-state index in [2.05, 4.69) is 15.5 Å². The van der Waals surface area contributed by atoms with Crippen molar-refractivity contribution < 1.29 is 13.7 Å². The Morgan fingerprint density at radius 1 is 1.24 bits per heavy atom. The smallest absolute Gasteiger partial charge is 0.328 e. The average Bonchev–Trinajstić information content (AvgIpc) is 3.38. The lowest BCUT2D eigenvalue weighted by Crippen LogP contribution is -2.39. The minimum atomic E-state index is -0.854. The van der Waals surface area contributed by atoms with Gasteiger partial charge in [0.1, 0.15) is 17.1 Å². The molecule has 0 fully saturated rings. The molecule has 29 heavy (non-hydrogen) atoms. The molecule has 0 spiro atoms. The summed E-state index contributed by atoms with van der Waals surface area (Å²) in [5.41, 5.74) is -1.25. The molecule has 10 heteroatoms. The maximum Gasteiger partial charge on any atom is 0.328 e. The van der Waals surface area contributed by atoms with Gasteiger partial charge in [-0.2, -0.15) is 0 Å². The van der Waals surface area contributed by atoms with Crippen molar-refractivity contribution in [3.63, 3.8) is 0 Å². The standard InChI is InChI=1S/C19H13FN4O4S/c20-13-5-2-1-4-11(13)10-24-18(26)12(9-21-19(24)27)17(25)22-16-8-14(23-28-16)15-6-3-7-29-15/h1-9H,10H2,(H,21,27)(H,22,25). The number of halogens is 1. The molecule has 0 unspecified atom stereocenters. The number of nitrogens with one attached hydrogen (secondary N) is 2. The van der Waals surface area contributed by atoms with Gasteiger partial charge in [0.25, 0.3) is 11.5 Å². The number of benzene rings is 1. The second-order valence-electron chi connectivity index (χ2n) is 6.00. The highest BCUT2D eigenvalue weighted by atomic mass is 32.1. The van der Waals surface area contributed by atoms with Crippen LogP contribution in [0.15, 0.2) is 68.2 Å². The number of aromatic nitrogens is 3. The first-order chi connectivity index (χ1) is 14.0. The Morgan fingerprint density at radius 3 is 2.83 bits per heavy atom. The monoisotopic (exact) mass is 412 g/mol. The molecule has 4 aromatic rings. The van der Waals surface area contributed by atoms with E-state index < -0.39 is 23.0 Å². The SMILES string of the molecule is O=C(Nc1cc(-c2cccs2)no1)c1c[nH]c(=O)n(Cc2ccccc2F)c1=O. The number of hydrogen-bond acceptors (Lipinski definition) is 6. The molecule has 0 saturated heterocycles. The van der Waals surface area contributed by atoms with Gasteiger partial charge < -0.3 is 9.51 Å². The number of hydrogen-bond donors (Lipinski definition) is 2. The summed E-state index contributed by atoms with van der Waals surface area (Å²) in [6.45, 7) is -0.313. The Hall–Kier alpha value is -3.79. The summed E-state index contributed by atoms with van der Waals surface area (Å²) in [5, 5.41) is 8.17. The summed E-state index contributed by atoms with van der Waals surface area (Å²) in [6, 6.07) is 11.0. The van der Waals surface area contributed by atoms with Crippen LogP contribution in [0.4, 0.5) is 10.3 Å². The highest BCUT2D eigenvalue weighted by Crippen LogP contribution is 2.25. The third-order valence-corrected chi connectivity index (χ3v) is 5.00. The number of carbonyl (C=O) groups excluding carboxylic acids is 1. The first-order valence-corrected chi connectivity index (χ1v) is 9.29. The fraction of sp³-hybridized carbons (Fsp3) is 0.0526. The molecule has 3 aromatic heterocycles. The van der Waals surface area contributed by atoms with E-state index in [-0.39, 0.29) is 23.6 Å². The number of thiophene rings is 1. The Kier molecular flexibility index (Phi) is 4.92. The Bertz CT molecular complexity index is 1290. The normalized spacial score (nSPS) is 10.8. The lowest BCUT2D eigenvalue weighted by Gasteiger charge is -2.07. The molecule has 0 aliphatic heterocycles. The third kappa shape index (κ3) is 3.78. The molecule has 146 valence electrons. The summed E-state index contributed by atoms with van der Waals surface area (Å²) >= 11 is 1.45. The Morgan fingerprint density at radius 2 is 2.07 bits per heavy atom. The van der Waals surface area contributed by atoms with Gasteiger partial charge >= 0.3 is 5.69 Å². The van der Waals surface area contributed by atoms with Crippen LogP contribution in [-0.4, -0.2) is 20.6 Å². The molecule has 0 saturated carbocycles. The van der Waals surface area contributed by atoms with Crippen molar-refractivity contribution in [1.82, 2.24) is 14.7 Å². The molecule has 3 heterocycles. The summed E-state index contributed by atoms with van der Waals surface area (Å²) in [7, 11) is 0. The molecule has 0 atom stereocenters. The minimum absolute atomic E-state index is 0.0460. The maximum absolute atomic E-state index is 13.9. The highest BCUT2D eigenvalue weighted by molar-refractivity contribution is 7.13. The van der Waals surface area contributed by atoms with Crippen molar-refractivity contribution in [2.75, 3.05) is 5.32 Å². The van der Waals surface area contributed by atoms with E-state index >= 15 is 0 Å². The molecule has 2 N–H and O–H groups in total. The first-order valence-electron chi connectivity index (χ1n) is 8.41. The molecular formula is C19H13FN4O4S. The molecule has 4 rings (SSSR count). The van der Waals surface area contributed by atoms with E-state index in [4.69, 9.17) is 4.52 Å². The van der Waals surface area contributed by atoms with Crippen molar-refractivity contribution in [2.45, 2.75) is 6.54 Å². The topological polar surface area (TPSA) is 110 Å². The van der Waals surface area contributed by atoms with Crippen LogP contribution in [0.25, 0.3) is 10.6 Å². The van der Waals surface area contributed by atoms with E-state index in [1.165, 1.54) is 35.6 Å². The highest BCUT2D eigenvalue weighted by Gasteiger charge is 2.18. The van der Waals surface area contributed by atoms with E-state index in [1.807, 2.05) is 17.5 Å². The van der Waals surface area contributed by atoms with E-state index in [1.54, 1.807) is 6.07 Å². The van der Waals surface area contributed by atoms with Gasteiger partial charge in [0.05, 0.1) is 11.4 Å². The fourth-order valence-corrected chi connectivity index (χ4v) is 3.35. The maximum atomic E-state index is 13.9. The number of nitrogens with zero attached hydrogens (tertiary/aromatic N) is 2. The zero-order valence-electron chi connectivity index (χ0n) is 14.7. The van der Waals surface area contributed by atoms with Crippen molar-refractivity contribution in [3.8, 4) is 10.6 Å². The van der Waals surface area contributed by atoms with Crippen LogP contribution < -0.4 is 16.6 Å². The van der Waals surface area contributed by atoms with Crippen LogP contribution in [0.5, 0.6) is 0 Å². The first kappa shape index (κ1) is 18.6. The van der Waals surface area contributed by atoms with Gasteiger partial charge in [-0.25, -0.2) is 9.18 Å². The molecule has 0 aliphatic rings. The Balaban J connectivity index is 1.60. The predicted octanol–water partition coefficient (Wildman–Crippen LogP) is 2.69. The van der Waals surface area contributed by atoms with Crippen molar-refractivity contribution >= 4 is 23.1 Å². The average molecular weight is 412 g/mol. The molecule has 1 amide bonds. The van der Waals surface area contributed by atoms with Gasteiger partial charge in [-0.3, -0.25) is 19.5 Å². The largest absolute Gasteiger partial charge is 0.338 e. The van der Waals surface area contributed by atoms with Gasteiger partial charge in [-0.1, -0.05) is 29.4 Å². The minimum Gasteiger partial charge on any atom is -0.338 e. The summed E-state index contributed by atoms with van der Waals surface area (Å²) in [5.74, 6) is -1.30. The van der Waals surface area contributed by atoms with Crippen LogP contribution in [0.2, 0.25) is 0 Å². The zero-order chi connectivity index (χ0) is 20.4. The lowest BCUT2D eigenvalue weighted by molar-refractivity contribution is 0.102. The number of carbonyl (C=O) groups is 1. The summed E-state index contributed by atoms with van der Waals surface area (Å²) < 4.78 is 19.7. The van der Waals surface area contributed by atoms with Gasteiger partial charge in [0.2, 0.25) is 5.88 Å². The zero-order valence-corrected chi connectivity index (χ0v) is 15.5. The van der Waals surface area contributed by atoms with E-state index in [0.717, 1.165) is 15.6 Å². The number of amides is 1. The number of aromatic amines is 1. The summed E-state index contributed by atoms with van der Waals surface area (Å²) in [6.07, 6.45) is 1.01. The second-order valence-corrected chi connectivity index (χ2v) is 6.95. The summed E-state index contributed by atoms with van der Waals surface area (Å²) in [4.78, 5) is 40.4. The van der Waals surface area contributed by atoms with Crippen molar-refractivity contribution in [1.29, 1.82) is 0 Å². The number of rotatable bonds is 5. The van der Waals surface area contributed by atoms with E-state index in [0.29, 0.717) is 5.69 Å². The third-order valence-electron chi connectivity index (χ3n) is 4.11. The van der Waals surface area contributed by atoms with Crippen LogP contribution in [0.1, 0.15) is 15.9 Å². The van der Waals surface area contributed by atoms with E-state index in [9.17, 15) is 18.8 Å². The predicted molar refractivity (Wildman–Crippen MR) is 105 cm³/mol. The molecule has 0 aliphatic carbocycles. The molecule has 0 bridgehead atoms. The van der Waals surface area contributed by atoms with Gasteiger partial charge in [0, 0.05) is 17.8 Å². The van der Waals surface area contributed by atoms with Gasteiger partial charge in [0.15, 0.2) is 0 Å². The van der Waals surface area contributed by atoms with Crippen LogP contribution in [0, 0.1) is 5.82 Å². The van der Waals surface area contributed by atoms with Crippen LogP contribution >= 0.6 is 11.3 Å². The van der Waals surface area contributed by atoms with Crippen molar-refractivity contribution in [2.24, 2.45) is 0 Å². The fourth-order valence-electron chi connectivity index (χ4n) is 2.67. The quantitative estimate of drug-likeness (QED) is 0.524. The Labute approximate surface area is 166 Å².